The third kappa shape index (κ3) is 2.79. The fourth-order valence-corrected chi connectivity index (χ4v) is 1.99. The van der Waals surface area contributed by atoms with Gasteiger partial charge in [0.2, 0.25) is 0 Å². The minimum absolute atomic E-state index is 0.226. The fourth-order valence-electron chi connectivity index (χ4n) is 1.81. The van der Waals surface area contributed by atoms with Gasteiger partial charge in [0.1, 0.15) is 11.3 Å². The second-order valence-electron chi connectivity index (χ2n) is 4.34. The van der Waals surface area contributed by atoms with Crippen molar-refractivity contribution in [3.05, 3.63) is 45.8 Å². The third-order valence-corrected chi connectivity index (χ3v) is 3.32. The minimum atomic E-state index is -0.226. The molecular formula is C14H15ClN2O2. The Morgan fingerprint density at radius 2 is 2.16 bits per heavy atom. The lowest BCUT2D eigenvalue weighted by Gasteiger charge is -2.06. The van der Waals surface area contributed by atoms with Crippen LogP contribution < -0.4 is 5.32 Å². The van der Waals surface area contributed by atoms with Crippen molar-refractivity contribution in [2.75, 3.05) is 5.32 Å². The molecule has 5 heteroatoms. The molecule has 0 bridgehead atoms. The summed E-state index contributed by atoms with van der Waals surface area (Å²) in [4.78, 5) is 12.2. The summed E-state index contributed by atoms with van der Waals surface area (Å²) in [6, 6.07) is 5.40. The normalized spacial score (nSPS) is 10.5. The van der Waals surface area contributed by atoms with Gasteiger partial charge < -0.3 is 9.84 Å². The maximum absolute atomic E-state index is 12.2. The van der Waals surface area contributed by atoms with Gasteiger partial charge >= 0.3 is 0 Å². The highest BCUT2D eigenvalue weighted by Gasteiger charge is 2.19. The lowest BCUT2D eigenvalue weighted by atomic mass is 10.1. The molecule has 0 saturated heterocycles. The number of carbonyl (C=O) groups excluding carboxylic acids is 1. The van der Waals surface area contributed by atoms with E-state index >= 15 is 0 Å². The quantitative estimate of drug-likeness (QED) is 0.930. The second-order valence-corrected chi connectivity index (χ2v) is 4.75. The molecule has 1 amide bonds. The van der Waals surface area contributed by atoms with Crippen molar-refractivity contribution in [2.24, 2.45) is 0 Å². The first-order chi connectivity index (χ1) is 9.02. The van der Waals surface area contributed by atoms with E-state index in [4.69, 9.17) is 16.1 Å². The summed E-state index contributed by atoms with van der Waals surface area (Å²) < 4.78 is 5.11. The van der Waals surface area contributed by atoms with E-state index in [1.54, 1.807) is 13.0 Å². The molecule has 1 aromatic carbocycles. The van der Waals surface area contributed by atoms with Gasteiger partial charge in [0, 0.05) is 17.1 Å². The van der Waals surface area contributed by atoms with Crippen molar-refractivity contribution in [2.45, 2.75) is 27.2 Å². The van der Waals surface area contributed by atoms with Gasteiger partial charge in [0.15, 0.2) is 0 Å². The summed E-state index contributed by atoms with van der Waals surface area (Å²) in [6.07, 6.45) is 0.623. The van der Waals surface area contributed by atoms with Crippen LogP contribution >= 0.6 is 11.6 Å². The molecule has 0 aliphatic rings. The number of hydrogen-bond acceptors (Lipinski definition) is 3. The number of carbonyl (C=O) groups is 1. The lowest BCUT2D eigenvalue weighted by Crippen LogP contribution is -2.14. The van der Waals surface area contributed by atoms with Crippen LogP contribution in [0, 0.1) is 13.8 Å². The molecule has 2 rings (SSSR count). The zero-order chi connectivity index (χ0) is 14.0. The van der Waals surface area contributed by atoms with Gasteiger partial charge in [-0.05, 0) is 31.5 Å². The van der Waals surface area contributed by atoms with Gasteiger partial charge in [0.25, 0.3) is 5.91 Å². The maximum Gasteiger partial charge on any atom is 0.261 e. The van der Waals surface area contributed by atoms with Crippen LogP contribution in [0.15, 0.2) is 22.7 Å². The Morgan fingerprint density at radius 3 is 2.79 bits per heavy atom. The first-order valence-electron chi connectivity index (χ1n) is 6.05. The van der Waals surface area contributed by atoms with E-state index in [1.807, 2.05) is 26.0 Å². The predicted octanol–water partition coefficient (Wildman–Crippen LogP) is 3.76. The summed E-state index contributed by atoms with van der Waals surface area (Å²) in [5, 5.41) is 7.25. The molecule has 2 aromatic rings. The Bertz CT molecular complexity index is 620. The topological polar surface area (TPSA) is 55.1 Å². The van der Waals surface area contributed by atoms with Crippen molar-refractivity contribution in [3.63, 3.8) is 0 Å². The highest BCUT2D eigenvalue weighted by Crippen LogP contribution is 2.22. The molecular weight excluding hydrogens is 264 g/mol. The molecule has 1 heterocycles. The molecule has 100 valence electrons. The van der Waals surface area contributed by atoms with E-state index in [1.165, 1.54) is 0 Å². The minimum Gasteiger partial charge on any atom is -0.360 e. The van der Waals surface area contributed by atoms with Gasteiger partial charge in [-0.2, -0.15) is 0 Å². The predicted molar refractivity (Wildman–Crippen MR) is 74.8 cm³/mol. The first kappa shape index (κ1) is 13.6. The fraction of sp³-hybridized carbons (Fsp3) is 0.286. The van der Waals surface area contributed by atoms with E-state index in [2.05, 4.69) is 10.5 Å². The van der Waals surface area contributed by atoms with E-state index < -0.39 is 0 Å². The number of halogens is 1. The van der Waals surface area contributed by atoms with E-state index in [-0.39, 0.29) is 5.91 Å². The van der Waals surface area contributed by atoms with Crippen LogP contribution in [0.3, 0.4) is 0 Å². The molecule has 0 aliphatic carbocycles. The van der Waals surface area contributed by atoms with Gasteiger partial charge in [-0.3, -0.25) is 4.79 Å². The van der Waals surface area contributed by atoms with Crippen molar-refractivity contribution >= 4 is 23.2 Å². The van der Waals surface area contributed by atoms with E-state index in [9.17, 15) is 4.79 Å². The molecule has 0 saturated carbocycles. The number of aryl methyl sites for hydroxylation is 3. The standard InChI is InChI=1S/C14H15ClN2O2/c1-4-12-13(9(3)17-19-12)14(18)16-10-6-5-8(2)11(15)7-10/h5-7H,4H2,1-3H3,(H,16,18). The Hall–Kier alpha value is -1.81. The summed E-state index contributed by atoms with van der Waals surface area (Å²) in [6.45, 7) is 5.58. The Balaban J connectivity index is 2.25. The van der Waals surface area contributed by atoms with Crippen LogP contribution in [0.1, 0.15) is 34.3 Å². The summed E-state index contributed by atoms with van der Waals surface area (Å²) in [7, 11) is 0. The highest BCUT2D eigenvalue weighted by molar-refractivity contribution is 6.31. The number of amides is 1. The Kier molecular flexibility index (Phi) is 3.90. The summed E-state index contributed by atoms with van der Waals surface area (Å²) in [5.74, 6) is 0.365. The SMILES string of the molecule is CCc1onc(C)c1C(=O)Nc1ccc(C)c(Cl)c1. The summed E-state index contributed by atoms with van der Waals surface area (Å²) in [5.41, 5.74) is 2.71. The second kappa shape index (κ2) is 5.45. The zero-order valence-corrected chi connectivity index (χ0v) is 11.8. The monoisotopic (exact) mass is 278 g/mol. The first-order valence-corrected chi connectivity index (χ1v) is 6.43. The molecule has 19 heavy (non-hydrogen) atoms. The number of benzene rings is 1. The number of aromatic nitrogens is 1. The molecule has 0 atom stereocenters. The van der Waals surface area contributed by atoms with Crippen LogP contribution in [0.25, 0.3) is 0 Å². The van der Waals surface area contributed by atoms with Crippen LogP contribution in [-0.4, -0.2) is 11.1 Å². The smallest absolute Gasteiger partial charge is 0.261 e. The van der Waals surface area contributed by atoms with E-state index in [0.29, 0.717) is 34.1 Å². The van der Waals surface area contributed by atoms with Crippen LogP contribution in [0.5, 0.6) is 0 Å². The van der Waals surface area contributed by atoms with E-state index in [0.717, 1.165) is 5.56 Å². The lowest BCUT2D eigenvalue weighted by molar-refractivity contribution is 0.102. The van der Waals surface area contributed by atoms with Gasteiger partial charge in [-0.15, -0.1) is 0 Å². The average molecular weight is 279 g/mol. The Labute approximate surface area is 116 Å². The zero-order valence-electron chi connectivity index (χ0n) is 11.1. The molecule has 0 radical (unpaired) electrons. The number of nitrogens with zero attached hydrogens (tertiary/aromatic N) is 1. The number of rotatable bonds is 3. The molecule has 0 aliphatic heterocycles. The molecule has 4 nitrogen and oxygen atoms in total. The van der Waals surface area contributed by atoms with Gasteiger partial charge in [-0.25, -0.2) is 0 Å². The molecule has 1 N–H and O–H groups in total. The highest BCUT2D eigenvalue weighted by atomic mass is 35.5. The van der Waals surface area contributed by atoms with Crippen molar-refractivity contribution < 1.29 is 9.32 Å². The van der Waals surface area contributed by atoms with Crippen LogP contribution in [0.4, 0.5) is 5.69 Å². The van der Waals surface area contributed by atoms with Crippen molar-refractivity contribution in [1.29, 1.82) is 0 Å². The molecule has 0 unspecified atom stereocenters. The molecule has 0 fully saturated rings. The number of nitrogens with one attached hydrogen (secondary N) is 1. The third-order valence-electron chi connectivity index (χ3n) is 2.91. The summed E-state index contributed by atoms with van der Waals surface area (Å²) >= 11 is 6.03. The number of anilines is 1. The van der Waals surface area contributed by atoms with Gasteiger partial charge in [0.05, 0.1) is 5.69 Å². The van der Waals surface area contributed by atoms with Crippen LogP contribution in [-0.2, 0) is 6.42 Å². The largest absolute Gasteiger partial charge is 0.360 e. The van der Waals surface area contributed by atoms with Crippen molar-refractivity contribution in [1.82, 2.24) is 5.16 Å². The molecule has 0 spiro atoms. The average Bonchev–Trinajstić information content (AvgIpc) is 2.75. The van der Waals surface area contributed by atoms with Crippen molar-refractivity contribution in [3.8, 4) is 0 Å². The van der Waals surface area contributed by atoms with Crippen LogP contribution in [0.2, 0.25) is 5.02 Å². The molecule has 1 aromatic heterocycles. The Morgan fingerprint density at radius 1 is 1.42 bits per heavy atom. The number of hydrogen-bond donors (Lipinski definition) is 1. The van der Waals surface area contributed by atoms with Gasteiger partial charge in [-0.1, -0.05) is 29.7 Å². The maximum atomic E-state index is 12.2.